The first-order valence-electron chi connectivity index (χ1n) is 8.33. The zero-order valence-corrected chi connectivity index (χ0v) is 14.8. The summed E-state index contributed by atoms with van der Waals surface area (Å²) in [6, 6.07) is 2.00. The smallest absolute Gasteiger partial charge is 0.267 e. The van der Waals surface area contributed by atoms with Crippen LogP contribution >= 0.6 is 11.3 Å². The summed E-state index contributed by atoms with van der Waals surface area (Å²) in [5.41, 5.74) is 5.17. The quantitative estimate of drug-likeness (QED) is 0.808. The van der Waals surface area contributed by atoms with Gasteiger partial charge < -0.3 is 0 Å². The van der Waals surface area contributed by atoms with Crippen LogP contribution < -0.4 is 5.43 Å². The van der Waals surface area contributed by atoms with E-state index in [9.17, 15) is 4.79 Å². The highest BCUT2D eigenvalue weighted by atomic mass is 32.1. The van der Waals surface area contributed by atoms with Crippen LogP contribution in [0.2, 0.25) is 0 Å². The Labute approximate surface area is 137 Å². The SMILES string of the molecule is CCCc1cc(C(=O)N/N=C2\C[C@@H]3CC[C@]2(C)C3(C)C)cs1. The fourth-order valence-electron chi connectivity index (χ4n) is 4.16. The molecule has 1 N–H and O–H groups in total. The molecule has 0 saturated heterocycles. The van der Waals surface area contributed by atoms with Gasteiger partial charge in [-0.25, -0.2) is 5.43 Å². The van der Waals surface area contributed by atoms with Crippen molar-refractivity contribution in [3.8, 4) is 0 Å². The maximum Gasteiger partial charge on any atom is 0.272 e. The van der Waals surface area contributed by atoms with Crippen LogP contribution in [0.5, 0.6) is 0 Å². The average molecular weight is 318 g/mol. The molecule has 1 aromatic heterocycles. The third-order valence-corrected chi connectivity index (χ3v) is 7.21. The van der Waals surface area contributed by atoms with Crippen LogP contribution in [-0.2, 0) is 6.42 Å². The number of hydrazone groups is 1. The lowest BCUT2D eigenvalue weighted by atomic mass is 9.70. The third kappa shape index (κ3) is 2.32. The molecule has 2 aliphatic rings. The number of nitrogens with zero attached hydrogens (tertiary/aromatic N) is 1. The Morgan fingerprint density at radius 1 is 1.45 bits per heavy atom. The first kappa shape index (κ1) is 15.7. The molecule has 22 heavy (non-hydrogen) atoms. The second kappa shape index (κ2) is 5.48. The summed E-state index contributed by atoms with van der Waals surface area (Å²) in [7, 11) is 0. The van der Waals surface area contributed by atoms with Crippen LogP contribution in [-0.4, -0.2) is 11.6 Å². The van der Waals surface area contributed by atoms with Crippen LogP contribution in [0.25, 0.3) is 0 Å². The van der Waals surface area contributed by atoms with Gasteiger partial charge in [0.25, 0.3) is 5.91 Å². The van der Waals surface area contributed by atoms with E-state index in [1.165, 1.54) is 23.4 Å². The Balaban J connectivity index is 1.70. The molecule has 0 unspecified atom stereocenters. The molecule has 1 aromatic rings. The van der Waals surface area contributed by atoms with Gasteiger partial charge in [0.15, 0.2) is 0 Å². The molecule has 0 aliphatic heterocycles. The van der Waals surface area contributed by atoms with Gasteiger partial charge in [0.2, 0.25) is 0 Å². The van der Waals surface area contributed by atoms with E-state index < -0.39 is 0 Å². The third-order valence-electron chi connectivity index (χ3n) is 6.22. The first-order valence-corrected chi connectivity index (χ1v) is 9.21. The van der Waals surface area contributed by atoms with Crippen LogP contribution in [0.1, 0.15) is 68.6 Å². The number of carbonyl (C=O) groups is 1. The van der Waals surface area contributed by atoms with Gasteiger partial charge in [-0.1, -0.05) is 34.1 Å². The minimum atomic E-state index is -0.0738. The molecular formula is C18H26N2OS. The number of carbonyl (C=O) groups excluding carboxylic acids is 1. The van der Waals surface area contributed by atoms with Crippen molar-refractivity contribution in [2.24, 2.45) is 21.8 Å². The number of hydrogen-bond donors (Lipinski definition) is 1. The summed E-state index contributed by atoms with van der Waals surface area (Å²) in [4.78, 5) is 13.6. The molecule has 0 aromatic carbocycles. The number of aryl methyl sites for hydroxylation is 1. The molecule has 2 atom stereocenters. The average Bonchev–Trinajstić information content (AvgIpc) is 3.07. The van der Waals surface area contributed by atoms with Crippen molar-refractivity contribution in [2.75, 3.05) is 0 Å². The number of amides is 1. The van der Waals surface area contributed by atoms with Crippen molar-refractivity contribution in [3.63, 3.8) is 0 Å². The summed E-state index contributed by atoms with van der Waals surface area (Å²) in [6.07, 6.45) is 5.67. The Kier molecular flexibility index (Phi) is 3.92. The molecule has 3 nitrogen and oxygen atoms in total. The lowest BCUT2D eigenvalue weighted by molar-refractivity contribution is 0.0954. The van der Waals surface area contributed by atoms with Crippen molar-refractivity contribution in [1.29, 1.82) is 0 Å². The molecule has 2 saturated carbocycles. The minimum Gasteiger partial charge on any atom is -0.267 e. The second-order valence-corrected chi connectivity index (χ2v) is 8.54. The summed E-state index contributed by atoms with van der Waals surface area (Å²) in [5.74, 6) is 0.640. The topological polar surface area (TPSA) is 41.5 Å². The van der Waals surface area contributed by atoms with E-state index in [1.807, 2.05) is 11.4 Å². The van der Waals surface area contributed by atoms with Gasteiger partial charge in [-0.2, -0.15) is 5.10 Å². The maximum absolute atomic E-state index is 12.3. The molecular weight excluding hydrogens is 292 g/mol. The maximum atomic E-state index is 12.3. The van der Waals surface area contributed by atoms with Gasteiger partial charge in [-0.3, -0.25) is 4.79 Å². The van der Waals surface area contributed by atoms with E-state index >= 15 is 0 Å². The molecule has 4 heteroatoms. The Morgan fingerprint density at radius 2 is 2.23 bits per heavy atom. The van der Waals surface area contributed by atoms with Crippen molar-refractivity contribution in [2.45, 2.75) is 59.8 Å². The normalized spacial score (nSPS) is 30.9. The molecule has 2 fully saturated rings. The van der Waals surface area contributed by atoms with Crippen LogP contribution in [0.4, 0.5) is 0 Å². The van der Waals surface area contributed by atoms with Gasteiger partial charge in [-0.15, -0.1) is 11.3 Å². The van der Waals surface area contributed by atoms with Gasteiger partial charge in [-0.05, 0) is 43.1 Å². The number of rotatable bonds is 4. The highest BCUT2D eigenvalue weighted by Gasteiger charge is 2.59. The van der Waals surface area contributed by atoms with Gasteiger partial charge in [0.05, 0.1) is 5.56 Å². The Morgan fingerprint density at radius 3 is 2.82 bits per heavy atom. The van der Waals surface area contributed by atoms with Crippen LogP contribution in [0.15, 0.2) is 16.5 Å². The largest absolute Gasteiger partial charge is 0.272 e. The van der Waals surface area contributed by atoms with E-state index in [-0.39, 0.29) is 11.3 Å². The number of hydrogen-bond acceptors (Lipinski definition) is 3. The molecule has 1 amide bonds. The van der Waals surface area contributed by atoms with E-state index in [0.29, 0.717) is 11.3 Å². The number of thiophene rings is 1. The molecule has 2 bridgehead atoms. The first-order chi connectivity index (χ1) is 10.4. The predicted molar refractivity (Wildman–Crippen MR) is 92.4 cm³/mol. The molecule has 120 valence electrons. The fraction of sp³-hybridized carbons (Fsp3) is 0.667. The molecule has 3 rings (SSSR count). The number of fused-ring (bicyclic) bond motifs is 2. The zero-order valence-electron chi connectivity index (χ0n) is 14.0. The monoisotopic (exact) mass is 318 g/mol. The molecule has 0 spiro atoms. The second-order valence-electron chi connectivity index (χ2n) is 7.54. The van der Waals surface area contributed by atoms with E-state index in [2.05, 4.69) is 38.2 Å². The van der Waals surface area contributed by atoms with Crippen LogP contribution in [0.3, 0.4) is 0 Å². The fourth-order valence-corrected chi connectivity index (χ4v) is 5.13. The van der Waals surface area contributed by atoms with Crippen molar-refractivity contribution < 1.29 is 4.79 Å². The number of nitrogens with one attached hydrogen (secondary N) is 1. The van der Waals surface area contributed by atoms with Gasteiger partial charge >= 0.3 is 0 Å². The summed E-state index contributed by atoms with van der Waals surface area (Å²) in [6.45, 7) is 9.17. The molecule has 1 heterocycles. The molecule has 2 aliphatic carbocycles. The van der Waals surface area contributed by atoms with Crippen molar-refractivity contribution in [1.82, 2.24) is 5.43 Å². The zero-order chi connectivity index (χ0) is 16.0. The molecule has 0 radical (unpaired) electrons. The summed E-state index contributed by atoms with van der Waals surface area (Å²) >= 11 is 1.66. The van der Waals surface area contributed by atoms with E-state index in [4.69, 9.17) is 0 Å². The Bertz CT molecular complexity index is 616. The standard InChI is InChI=1S/C18H26N2OS/c1-5-6-14-9-12(11-22-14)16(21)20-19-15-10-13-7-8-18(15,4)17(13,2)3/h9,11,13H,5-8,10H2,1-4H3,(H,20,21)/b19-15+/t13-,18-/m0/s1. The van der Waals surface area contributed by atoms with E-state index in [0.717, 1.165) is 24.8 Å². The summed E-state index contributed by atoms with van der Waals surface area (Å²) in [5, 5.41) is 6.46. The van der Waals surface area contributed by atoms with E-state index in [1.54, 1.807) is 11.3 Å². The van der Waals surface area contributed by atoms with Crippen molar-refractivity contribution in [3.05, 3.63) is 21.9 Å². The lowest BCUT2D eigenvalue weighted by Crippen LogP contribution is -2.34. The minimum absolute atomic E-state index is 0.0738. The van der Waals surface area contributed by atoms with Crippen molar-refractivity contribution >= 4 is 23.0 Å². The van der Waals surface area contributed by atoms with Gasteiger partial charge in [0.1, 0.15) is 0 Å². The van der Waals surface area contributed by atoms with Gasteiger partial charge in [0, 0.05) is 21.4 Å². The highest BCUT2D eigenvalue weighted by molar-refractivity contribution is 7.10. The van der Waals surface area contributed by atoms with Crippen LogP contribution in [0, 0.1) is 16.7 Å². The summed E-state index contributed by atoms with van der Waals surface area (Å²) < 4.78 is 0. The highest BCUT2D eigenvalue weighted by Crippen LogP contribution is 2.63. The lowest BCUT2D eigenvalue weighted by Gasteiger charge is -2.34. The Hall–Kier alpha value is -1.16. The predicted octanol–water partition coefficient (Wildman–Crippen LogP) is 4.63.